The third-order valence-electron chi connectivity index (χ3n) is 3.26. The summed E-state index contributed by atoms with van der Waals surface area (Å²) in [4.78, 5) is 4.43. The second-order valence-electron chi connectivity index (χ2n) is 4.45. The van der Waals surface area contributed by atoms with Crippen LogP contribution in [0.1, 0.15) is 11.3 Å². The second kappa shape index (κ2) is 6.14. The fourth-order valence-electron chi connectivity index (χ4n) is 2.18. The molecule has 0 bridgehead atoms. The lowest BCUT2D eigenvalue weighted by Gasteiger charge is -2.12. The number of hydrogen-bond acceptors (Lipinski definition) is 5. The van der Waals surface area contributed by atoms with Crippen molar-refractivity contribution in [1.29, 1.82) is 5.26 Å². The fourth-order valence-corrected chi connectivity index (χ4v) is 2.18. The molecule has 0 amide bonds. The van der Waals surface area contributed by atoms with Crippen molar-refractivity contribution in [2.75, 3.05) is 26.6 Å². The molecule has 1 aromatic carbocycles. The fraction of sp³-hybridized carbons (Fsp3) is 0.250. The van der Waals surface area contributed by atoms with Gasteiger partial charge in [0.15, 0.2) is 11.5 Å². The highest BCUT2D eigenvalue weighted by atomic mass is 16.5. The number of nitrogens with zero attached hydrogens (tertiary/aromatic N) is 2. The van der Waals surface area contributed by atoms with E-state index in [4.69, 9.17) is 9.47 Å². The zero-order valence-corrected chi connectivity index (χ0v) is 12.5. The van der Waals surface area contributed by atoms with E-state index in [1.54, 1.807) is 21.3 Å². The average Bonchev–Trinajstić information content (AvgIpc) is 2.53. The number of hydrogen-bond donors (Lipinski definition) is 1. The molecule has 1 aromatic heterocycles. The minimum atomic E-state index is 0.507. The Morgan fingerprint density at radius 1 is 1.14 bits per heavy atom. The Labute approximate surface area is 124 Å². The van der Waals surface area contributed by atoms with E-state index in [9.17, 15) is 5.26 Å². The predicted octanol–water partition coefficient (Wildman–Crippen LogP) is 2.99. The first-order valence-corrected chi connectivity index (χ1v) is 6.46. The van der Waals surface area contributed by atoms with E-state index in [0.717, 1.165) is 16.8 Å². The van der Waals surface area contributed by atoms with E-state index < -0.39 is 0 Å². The van der Waals surface area contributed by atoms with E-state index in [2.05, 4.69) is 16.4 Å². The molecule has 0 saturated carbocycles. The zero-order chi connectivity index (χ0) is 15.4. The monoisotopic (exact) mass is 283 g/mol. The maximum Gasteiger partial charge on any atom is 0.161 e. The van der Waals surface area contributed by atoms with E-state index in [0.29, 0.717) is 22.9 Å². The summed E-state index contributed by atoms with van der Waals surface area (Å²) in [6.07, 6.45) is 0. The zero-order valence-electron chi connectivity index (χ0n) is 12.5. The van der Waals surface area contributed by atoms with Gasteiger partial charge in [-0.15, -0.1) is 0 Å². The first kappa shape index (κ1) is 14.7. The Kier molecular flexibility index (Phi) is 4.29. The molecule has 1 N–H and O–H groups in total. The number of aryl methyl sites for hydroxylation is 1. The third-order valence-corrected chi connectivity index (χ3v) is 3.26. The number of ether oxygens (including phenoxy) is 2. The van der Waals surface area contributed by atoms with Gasteiger partial charge in [0.2, 0.25) is 0 Å². The van der Waals surface area contributed by atoms with Crippen molar-refractivity contribution in [3.05, 3.63) is 35.5 Å². The molecule has 21 heavy (non-hydrogen) atoms. The van der Waals surface area contributed by atoms with Gasteiger partial charge in [-0.05, 0) is 30.7 Å². The standard InChI is InChI=1S/C16H17N3O2/c1-10-13(7-12(9-17)16(18-2)19-10)11-5-6-14(20-3)15(8-11)21-4/h5-8H,1-4H3,(H,18,19). The summed E-state index contributed by atoms with van der Waals surface area (Å²) < 4.78 is 10.6. The molecule has 2 rings (SSSR count). The van der Waals surface area contributed by atoms with Gasteiger partial charge in [-0.1, -0.05) is 6.07 Å². The van der Waals surface area contributed by atoms with Gasteiger partial charge < -0.3 is 14.8 Å². The third kappa shape index (κ3) is 2.75. The topological polar surface area (TPSA) is 67.2 Å². The Hall–Kier alpha value is -2.74. The smallest absolute Gasteiger partial charge is 0.161 e. The summed E-state index contributed by atoms with van der Waals surface area (Å²) >= 11 is 0. The lowest BCUT2D eigenvalue weighted by atomic mass is 10.0. The number of pyridine rings is 1. The van der Waals surface area contributed by atoms with E-state index in [-0.39, 0.29) is 0 Å². The van der Waals surface area contributed by atoms with Gasteiger partial charge >= 0.3 is 0 Å². The van der Waals surface area contributed by atoms with Crippen LogP contribution in [-0.2, 0) is 0 Å². The van der Waals surface area contributed by atoms with Crippen LogP contribution in [0, 0.1) is 18.3 Å². The van der Waals surface area contributed by atoms with Crippen LogP contribution in [0.4, 0.5) is 5.82 Å². The van der Waals surface area contributed by atoms with Gasteiger partial charge in [0.25, 0.3) is 0 Å². The van der Waals surface area contributed by atoms with Crippen molar-refractivity contribution < 1.29 is 9.47 Å². The largest absolute Gasteiger partial charge is 0.493 e. The van der Waals surface area contributed by atoms with Gasteiger partial charge in [0, 0.05) is 18.3 Å². The Bertz CT molecular complexity index is 705. The van der Waals surface area contributed by atoms with E-state index in [1.807, 2.05) is 31.2 Å². The number of rotatable bonds is 4. The molecule has 108 valence electrons. The van der Waals surface area contributed by atoms with E-state index >= 15 is 0 Å². The molecule has 0 saturated heterocycles. The van der Waals surface area contributed by atoms with Crippen LogP contribution in [0.5, 0.6) is 11.5 Å². The van der Waals surface area contributed by atoms with Crippen LogP contribution >= 0.6 is 0 Å². The van der Waals surface area contributed by atoms with E-state index in [1.165, 1.54) is 0 Å². The molecule has 0 radical (unpaired) electrons. The first-order valence-electron chi connectivity index (χ1n) is 6.46. The van der Waals surface area contributed by atoms with Gasteiger partial charge in [-0.25, -0.2) is 4.98 Å². The van der Waals surface area contributed by atoms with Gasteiger partial charge in [-0.3, -0.25) is 0 Å². The molecule has 0 aliphatic heterocycles. The van der Waals surface area contributed by atoms with Crippen molar-refractivity contribution >= 4 is 5.82 Å². The normalized spacial score (nSPS) is 9.86. The molecule has 0 aliphatic carbocycles. The summed E-state index contributed by atoms with van der Waals surface area (Å²) in [6.45, 7) is 1.91. The number of nitriles is 1. The van der Waals surface area contributed by atoms with Crippen molar-refractivity contribution in [3.63, 3.8) is 0 Å². The first-order chi connectivity index (χ1) is 10.1. The quantitative estimate of drug-likeness (QED) is 0.934. The number of nitrogens with one attached hydrogen (secondary N) is 1. The van der Waals surface area contributed by atoms with Gasteiger partial charge in [0.05, 0.1) is 19.8 Å². The summed E-state index contributed by atoms with van der Waals surface area (Å²) in [5, 5.41) is 12.1. The minimum Gasteiger partial charge on any atom is -0.493 e. The molecule has 2 aromatic rings. The maximum atomic E-state index is 9.22. The highest BCUT2D eigenvalue weighted by Crippen LogP contribution is 2.34. The van der Waals surface area contributed by atoms with Gasteiger partial charge in [-0.2, -0.15) is 5.26 Å². The summed E-state index contributed by atoms with van der Waals surface area (Å²) in [7, 11) is 4.94. The lowest BCUT2D eigenvalue weighted by molar-refractivity contribution is 0.355. The van der Waals surface area contributed by atoms with Crippen LogP contribution < -0.4 is 14.8 Å². The average molecular weight is 283 g/mol. The molecule has 0 atom stereocenters. The van der Waals surface area contributed by atoms with Crippen LogP contribution in [0.2, 0.25) is 0 Å². The number of anilines is 1. The second-order valence-corrected chi connectivity index (χ2v) is 4.45. The maximum absolute atomic E-state index is 9.22. The summed E-state index contributed by atoms with van der Waals surface area (Å²) in [5.41, 5.74) is 3.17. The summed E-state index contributed by atoms with van der Waals surface area (Å²) in [5.74, 6) is 1.89. The van der Waals surface area contributed by atoms with Crippen molar-refractivity contribution in [1.82, 2.24) is 4.98 Å². The Balaban J connectivity index is 2.59. The predicted molar refractivity (Wildman–Crippen MR) is 81.8 cm³/mol. The SMILES string of the molecule is CNc1nc(C)c(-c2ccc(OC)c(OC)c2)cc1C#N. The van der Waals surface area contributed by atoms with Crippen LogP contribution in [-0.4, -0.2) is 26.3 Å². The molecule has 5 nitrogen and oxygen atoms in total. The minimum absolute atomic E-state index is 0.507. The molecule has 1 heterocycles. The number of benzene rings is 1. The van der Waals surface area contributed by atoms with Gasteiger partial charge in [0.1, 0.15) is 11.9 Å². The molecule has 5 heteroatoms. The molecule has 0 unspecified atom stereocenters. The Morgan fingerprint density at radius 2 is 1.86 bits per heavy atom. The van der Waals surface area contributed by atoms with Crippen molar-refractivity contribution in [2.24, 2.45) is 0 Å². The molecular weight excluding hydrogens is 266 g/mol. The number of aromatic nitrogens is 1. The Morgan fingerprint density at radius 3 is 2.43 bits per heavy atom. The highest BCUT2D eigenvalue weighted by molar-refractivity contribution is 5.73. The van der Waals surface area contributed by atoms with Crippen LogP contribution in [0.3, 0.4) is 0 Å². The van der Waals surface area contributed by atoms with Crippen LogP contribution in [0.15, 0.2) is 24.3 Å². The molecule has 0 spiro atoms. The van der Waals surface area contributed by atoms with Crippen LogP contribution in [0.25, 0.3) is 11.1 Å². The molecule has 0 aliphatic rings. The molecule has 0 fully saturated rings. The summed E-state index contributed by atoms with van der Waals surface area (Å²) in [6, 6.07) is 9.62. The number of methoxy groups -OCH3 is 2. The lowest BCUT2D eigenvalue weighted by Crippen LogP contribution is -2.00. The van der Waals surface area contributed by atoms with Crippen molar-refractivity contribution in [3.8, 4) is 28.7 Å². The highest BCUT2D eigenvalue weighted by Gasteiger charge is 2.12. The van der Waals surface area contributed by atoms with Crippen molar-refractivity contribution in [2.45, 2.75) is 6.92 Å². The molecular formula is C16H17N3O2.